The Morgan fingerprint density at radius 3 is 2.69 bits per heavy atom. The summed E-state index contributed by atoms with van der Waals surface area (Å²) in [6.45, 7) is 4.86. The summed E-state index contributed by atoms with van der Waals surface area (Å²) in [6.07, 6.45) is 2.51. The van der Waals surface area contributed by atoms with Crippen molar-refractivity contribution in [1.82, 2.24) is 9.97 Å². The highest BCUT2D eigenvalue weighted by Gasteiger charge is 2.08. The molecule has 5 heteroatoms. The zero-order valence-electron chi connectivity index (χ0n) is 10.4. The summed E-state index contributed by atoms with van der Waals surface area (Å²) < 4.78 is 5.04. The third-order valence-electron chi connectivity index (χ3n) is 2.46. The minimum Gasteiger partial charge on any atom is -0.385 e. The van der Waals surface area contributed by atoms with Crippen LogP contribution in [0.3, 0.4) is 0 Å². The molecule has 5 nitrogen and oxygen atoms in total. The second-order valence-corrected chi connectivity index (χ2v) is 3.77. The molecular formula is C11H20N4O. The maximum atomic E-state index is 5.04. The van der Waals surface area contributed by atoms with E-state index in [1.54, 1.807) is 13.4 Å². The van der Waals surface area contributed by atoms with E-state index in [4.69, 9.17) is 4.74 Å². The van der Waals surface area contributed by atoms with Crippen molar-refractivity contribution >= 4 is 11.6 Å². The molecule has 1 atom stereocenters. The van der Waals surface area contributed by atoms with Crippen molar-refractivity contribution in [1.29, 1.82) is 0 Å². The van der Waals surface area contributed by atoms with Crippen molar-refractivity contribution in [2.45, 2.75) is 26.3 Å². The molecule has 1 rings (SSSR count). The van der Waals surface area contributed by atoms with Crippen molar-refractivity contribution in [2.24, 2.45) is 0 Å². The van der Waals surface area contributed by atoms with Gasteiger partial charge in [0.05, 0.1) is 0 Å². The Labute approximate surface area is 96.6 Å². The molecule has 1 aromatic heterocycles. The third-order valence-corrected chi connectivity index (χ3v) is 2.46. The average Bonchev–Trinajstić information content (AvgIpc) is 2.29. The number of nitrogens with zero attached hydrogens (tertiary/aromatic N) is 2. The molecule has 0 aliphatic heterocycles. The van der Waals surface area contributed by atoms with E-state index in [0.717, 1.165) is 30.2 Å². The second-order valence-electron chi connectivity index (χ2n) is 3.77. The summed E-state index contributed by atoms with van der Waals surface area (Å²) in [7, 11) is 3.56. The Morgan fingerprint density at radius 2 is 2.06 bits per heavy atom. The molecule has 0 saturated carbocycles. The van der Waals surface area contributed by atoms with Gasteiger partial charge in [-0.15, -0.1) is 0 Å². The Morgan fingerprint density at radius 1 is 1.38 bits per heavy atom. The van der Waals surface area contributed by atoms with Crippen LogP contribution in [-0.4, -0.2) is 36.8 Å². The van der Waals surface area contributed by atoms with E-state index in [2.05, 4.69) is 27.5 Å². The lowest BCUT2D eigenvalue weighted by Gasteiger charge is -2.16. The van der Waals surface area contributed by atoms with E-state index in [0.29, 0.717) is 6.04 Å². The standard InChI is InChI=1S/C11H20N4O/c1-8(5-6-16-4)15-11-9(2)10(12-3)13-7-14-11/h7-8H,5-6H2,1-4H3,(H2,12,13,14,15). The van der Waals surface area contributed by atoms with Gasteiger partial charge in [0.25, 0.3) is 0 Å². The molecule has 0 amide bonds. The predicted molar refractivity (Wildman–Crippen MR) is 65.9 cm³/mol. The lowest BCUT2D eigenvalue weighted by atomic mass is 10.2. The van der Waals surface area contributed by atoms with Crippen LogP contribution in [0.2, 0.25) is 0 Å². The van der Waals surface area contributed by atoms with Crippen LogP contribution in [0.1, 0.15) is 18.9 Å². The molecule has 0 aliphatic carbocycles. The van der Waals surface area contributed by atoms with Gasteiger partial charge in [-0.05, 0) is 20.3 Å². The number of nitrogens with one attached hydrogen (secondary N) is 2. The van der Waals surface area contributed by atoms with E-state index in [-0.39, 0.29) is 0 Å². The third kappa shape index (κ3) is 3.34. The van der Waals surface area contributed by atoms with Gasteiger partial charge in [0.1, 0.15) is 18.0 Å². The maximum absolute atomic E-state index is 5.04. The number of ether oxygens (including phenoxy) is 1. The highest BCUT2D eigenvalue weighted by atomic mass is 16.5. The largest absolute Gasteiger partial charge is 0.385 e. The quantitative estimate of drug-likeness (QED) is 0.769. The van der Waals surface area contributed by atoms with Crippen LogP contribution in [0.25, 0.3) is 0 Å². The molecule has 0 aliphatic rings. The molecule has 0 saturated heterocycles. The SMILES string of the molecule is CNc1ncnc(NC(C)CCOC)c1C. The number of hydrogen-bond acceptors (Lipinski definition) is 5. The van der Waals surface area contributed by atoms with Crippen LogP contribution in [0.4, 0.5) is 11.6 Å². The van der Waals surface area contributed by atoms with Crippen LogP contribution in [0, 0.1) is 6.92 Å². The normalized spacial score (nSPS) is 12.2. The van der Waals surface area contributed by atoms with E-state index in [9.17, 15) is 0 Å². The van der Waals surface area contributed by atoms with Crippen LogP contribution in [0.5, 0.6) is 0 Å². The van der Waals surface area contributed by atoms with Crippen LogP contribution in [0.15, 0.2) is 6.33 Å². The van der Waals surface area contributed by atoms with Gasteiger partial charge >= 0.3 is 0 Å². The van der Waals surface area contributed by atoms with Crippen LogP contribution < -0.4 is 10.6 Å². The number of hydrogen-bond donors (Lipinski definition) is 2. The number of aromatic nitrogens is 2. The van der Waals surface area contributed by atoms with Crippen molar-refractivity contribution in [3.05, 3.63) is 11.9 Å². The molecule has 1 heterocycles. The van der Waals surface area contributed by atoms with Gasteiger partial charge in [-0.2, -0.15) is 0 Å². The smallest absolute Gasteiger partial charge is 0.134 e. The van der Waals surface area contributed by atoms with Gasteiger partial charge in [-0.1, -0.05) is 0 Å². The molecular weight excluding hydrogens is 204 g/mol. The van der Waals surface area contributed by atoms with Gasteiger partial charge in [-0.25, -0.2) is 9.97 Å². The molecule has 16 heavy (non-hydrogen) atoms. The minimum atomic E-state index is 0.332. The fourth-order valence-electron chi connectivity index (χ4n) is 1.45. The average molecular weight is 224 g/mol. The first-order chi connectivity index (χ1) is 7.69. The first-order valence-corrected chi connectivity index (χ1v) is 5.43. The van der Waals surface area contributed by atoms with Crippen LogP contribution in [-0.2, 0) is 4.74 Å². The monoisotopic (exact) mass is 224 g/mol. The highest BCUT2D eigenvalue weighted by Crippen LogP contribution is 2.18. The molecule has 0 fully saturated rings. The maximum Gasteiger partial charge on any atom is 0.134 e. The van der Waals surface area contributed by atoms with Crippen molar-refractivity contribution in [2.75, 3.05) is 31.4 Å². The zero-order chi connectivity index (χ0) is 12.0. The zero-order valence-corrected chi connectivity index (χ0v) is 10.4. The lowest BCUT2D eigenvalue weighted by molar-refractivity contribution is 0.191. The Kier molecular flexibility index (Phi) is 4.98. The van der Waals surface area contributed by atoms with Gasteiger partial charge in [0, 0.05) is 32.4 Å². The topological polar surface area (TPSA) is 59.1 Å². The van der Waals surface area contributed by atoms with Gasteiger partial charge in [0.15, 0.2) is 0 Å². The summed E-state index contributed by atoms with van der Waals surface area (Å²) in [6, 6.07) is 0.332. The summed E-state index contributed by atoms with van der Waals surface area (Å²) in [5, 5.41) is 6.38. The molecule has 90 valence electrons. The second kappa shape index (κ2) is 6.27. The van der Waals surface area contributed by atoms with E-state index in [1.165, 1.54) is 0 Å². The van der Waals surface area contributed by atoms with Crippen molar-refractivity contribution in [3.8, 4) is 0 Å². The predicted octanol–water partition coefficient (Wildman–Crippen LogP) is 1.66. The summed E-state index contributed by atoms with van der Waals surface area (Å²) in [4.78, 5) is 8.37. The number of methoxy groups -OCH3 is 1. The molecule has 0 spiro atoms. The Hall–Kier alpha value is -1.36. The van der Waals surface area contributed by atoms with E-state index in [1.807, 2.05) is 14.0 Å². The molecule has 0 bridgehead atoms. The van der Waals surface area contributed by atoms with Crippen molar-refractivity contribution < 1.29 is 4.74 Å². The van der Waals surface area contributed by atoms with E-state index < -0.39 is 0 Å². The number of rotatable bonds is 6. The molecule has 1 aromatic rings. The molecule has 1 unspecified atom stereocenters. The molecule has 2 N–H and O–H groups in total. The minimum absolute atomic E-state index is 0.332. The number of anilines is 2. The summed E-state index contributed by atoms with van der Waals surface area (Å²) in [5.41, 5.74) is 1.04. The molecule has 0 aromatic carbocycles. The summed E-state index contributed by atoms with van der Waals surface area (Å²) in [5.74, 6) is 1.74. The fraction of sp³-hybridized carbons (Fsp3) is 0.636. The highest BCUT2D eigenvalue weighted by molar-refractivity contribution is 5.56. The van der Waals surface area contributed by atoms with E-state index >= 15 is 0 Å². The Bertz CT molecular complexity index is 330. The van der Waals surface area contributed by atoms with Gasteiger partial charge in [0.2, 0.25) is 0 Å². The first-order valence-electron chi connectivity index (χ1n) is 5.43. The van der Waals surface area contributed by atoms with Crippen molar-refractivity contribution in [3.63, 3.8) is 0 Å². The lowest BCUT2D eigenvalue weighted by Crippen LogP contribution is -2.19. The fourth-order valence-corrected chi connectivity index (χ4v) is 1.45. The van der Waals surface area contributed by atoms with Gasteiger partial charge in [-0.3, -0.25) is 0 Å². The first kappa shape index (κ1) is 12.7. The van der Waals surface area contributed by atoms with Crippen LogP contribution >= 0.6 is 0 Å². The summed E-state index contributed by atoms with van der Waals surface area (Å²) >= 11 is 0. The Balaban J connectivity index is 2.66. The van der Waals surface area contributed by atoms with Gasteiger partial charge < -0.3 is 15.4 Å². The molecule has 0 radical (unpaired) electrons.